The zero-order valence-corrected chi connectivity index (χ0v) is 12.2. The van der Waals surface area contributed by atoms with E-state index in [2.05, 4.69) is 22.4 Å². The molecule has 0 saturated heterocycles. The van der Waals surface area contributed by atoms with E-state index in [-0.39, 0.29) is 5.91 Å². The standard InChI is InChI=1S/C15H15N3OS/c1-10-7-12-5-3-4-6-13(12)18(10)9-14(19)17-15-16-8-11(2)20-15/h3-8H,9H2,1-2H3,(H,16,17,19). The second-order valence-corrected chi connectivity index (χ2v) is 5.99. The summed E-state index contributed by atoms with van der Waals surface area (Å²) < 4.78 is 2.02. The Morgan fingerprint density at radius 1 is 1.35 bits per heavy atom. The molecule has 0 aliphatic carbocycles. The number of hydrogen-bond donors (Lipinski definition) is 1. The number of para-hydroxylation sites is 1. The number of aryl methyl sites for hydroxylation is 2. The lowest BCUT2D eigenvalue weighted by Gasteiger charge is -2.07. The molecule has 102 valence electrons. The Labute approximate surface area is 121 Å². The van der Waals surface area contributed by atoms with Crippen LogP contribution in [0.3, 0.4) is 0 Å². The number of nitrogens with zero attached hydrogens (tertiary/aromatic N) is 2. The summed E-state index contributed by atoms with van der Waals surface area (Å²) in [6.45, 7) is 4.29. The van der Waals surface area contributed by atoms with Gasteiger partial charge in [-0.15, -0.1) is 11.3 Å². The molecule has 0 atom stereocenters. The molecule has 1 N–H and O–H groups in total. The Morgan fingerprint density at radius 2 is 2.15 bits per heavy atom. The highest BCUT2D eigenvalue weighted by molar-refractivity contribution is 7.15. The smallest absolute Gasteiger partial charge is 0.246 e. The summed E-state index contributed by atoms with van der Waals surface area (Å²) in [6.07, 6.45) is 1.76. The molecule has 0 aliphatic rings. The number of thiazole rings is 1. The number of amides is 1. The van der Waals surface area contributed by atoms with Crippen molar-refractivity contribution in [2.75, 3.05) is 5.32 Å². The first-order valence-electron chi connectivity index (χ1n) is 6.40. The third-order valence-corrected chi connectivity index (χ3v) is 4.02. The van der Waals surface area contributed by atoms with Crippen LogP contribution in [0.1, 0.15) is 10.6 Å². The predicted molar refractivity (Wildman–Crippen MR) is 82.2 cm³/mol. The van der Waals surface area contributed by atoms with Crippen molar-refractivity contribution >= 4 is 33.3 Å². The minimum atomic E-state index is -0.0520. The van der Waals surface area contributed by atoms with Gasteiger partial charge in [-0.3, -0.25) is 4.79 Å². The Kier molecular flexibility index (Phi) is 3.28. The van der Waals surface area contributed by atoms with E-state index in [0.29, 0.717) is 11.7 Å². The minimum Gasteiger partial charge on any atom is -0.335 e. The number of nitrogens with one attached hydrogen (secondary N) is 1. The van der Waals surface area contributed by atoms with Crippen LogP contribution >= 0.6 is 11.3 Å². The number of anilines is 1. The van der Waals surface area contributed by atoms with Gasteiger partial charge in [0.2, 0.25) is 5.91 Å². The molecule has 2 heterocycles. The summed E-state index contributed by atoms with van der Waals surface area (Å²) >= 11 is 1.48. The molecular weight excluding hydrogens is 270 g/mol. The van der Waals surface area contributed by atoms with Gasteiger partial charge >= 0.3 is 0 Å². The predicted octanol–water partition coefficient (Wildman–Crippen LogP) is 3.35. The molecule has 4 nitrogen and oxygen atoms in total. The van der Waals surface area contributed by atoms with Crippen LogP contribution in [0.2, 0.25) is 0 Å². The SMILES string of the molecule is Cc1cnc(NC(=O)Cn2c(C)cc3ccccc32)s1. The number of benzene rings is 1. The summed E-state index contributed by atoms with van der Waals surface area (Å²) in [5.74, 6) is -0.0520. The summed E-state index contributed by atoms with van der Waals surface area (Å²) in [6, 6.07) is 10.2. The molecule has 0 saturated carbocycles. The van der Waals surface area contributed by atoms with Gasteiger partial charge in [-0.2, -0.15) is 0 Å². The van der Waals surface area contributed by atoms with E-state index in [9.17, 15) is 4.79 Å². The highest BCUT2D eigenvalue weighted by atomic mass is 32.1. The van der Waals surface area contributed by atoms with E-state index < -0.39 is 0 Å². The van der Waals surface area contributed by atoms with E-state index in [4.69, 9.17) is 0 Å². The van der Waals surface area contributed by atoms with Gasteiger partial charge in [0.1, 0.15) is 6.54 Å². The number of carbonyl (C=O) groups is 1. The summed E-state index contributed by atoms with van der Waals surface area (Å²) in [7, 11) is 0. The van der Waals surface area contributed by atoms with Crippen LogP contribution in [-0.4, -0.2) is 15.5 Å². The number of fused-ring (bicyclic) bond motifs is 1. The highest BCUT2D eigenvalue weighted by Crippen LogP contribution is 2.20. The second kappa shape index (κ2) is 5.09. The maximum Gasteiger partial charge on any atom is 0.246 e. The minimum absolute atomic E-state index is 0.0520. The van der Waals surface area contributed by atoms with Crippen LogP contribution in [0.4, 0.5) is 5.13 Å². The Bertz CT molecular complexity index is 772. The van der Waals surface area contributed by atoms with Crippen LogP contribution in [0, 0.1) is 13.8 Å². The van der Waals surface area contributed by atoms with Crippen molar-refractivity contribution in [3.05, 3.63) is 47.1 Å². The van der Waals surface area contributed by atoms with Crippen molar-refractivity contribution in [2.45, 2.75) is 20.4 Å². The molecule has 0 bridgehead atoms. The molecule has 1 amide bonds. The van der Waals surface area contributed by atoms with Crippen LogP contribution in [0.5, 0.6) is 0 Å². The molecule has 0 radical (unpaired) electrons. The number of rotatable bonds is 3. The van der Waals surface area contributed by atoms with E-state index in [0.717, 1.165) is 21.5 Å². The first-order chi connectivity index (χ1) is 9.63. The van der Waals surface area contributed by atoms with Crippen molar-refractivity contribution in [2.24, 2.45) is 0 Å². The lowest BCUT2D eigenvalue weighted by atomic mass is 10.2. The molecule has 2 aromatic heterocycles. The number of aromatic nitrogens is 2. The van der Waals surface area contributed by atoms with Gasteiger partial charge in [-0.25, -0.2) is 4.98 Å². The quantitative estimate of drug-likeness (QED) is 0.802. The molecule has 0 fully saturated rings. The maximum atomic E-state index is 12.1. The van der Waals surface area contributed by atoms with Gasteiger partial charge in [-0.05, 0) is 31.4 Å². The third-order valence-electron chi connectivity index (χ3n) is 3.19. The van der Waals surface area contributed by atoms with E-state index in [1.54, 1.807) is 6.20 Å². The van der Waals surface area contributed by atoms with Crippen molar-refractivity contribution in [3.63, 3.8) is 0 Å². The monoisotopic (exact) mass is 285 g/mol. The largest absolute Gasteiger partial charge is 0.335 e. The topological polar surface area (TPSA) is 46.9 Å². The molecule has 3 aromatic rings. The molecular formula is C15H15N3OS. The molecule has 20 heavy (non-hydrogen) atoms. The molecule has 0 aliphatic heterocycles. The normalized spacial score (nSPS) is 10.9. The van der Waals surface area contributed by atoms with Gasteiger partial charge in [0.25, 0.3) is 0 Å². The number of carbonyl (C=O) groups excluding carboxylic acids is 1. The molecule has 3 rings (SSSR count). The molecule has 1 aromatic carbocycles. The summed E-state index contributed by atoms with van der Waals surface area (Å²) in [4.78, 5) is 17.4. The van der Waals surface area contributed by atoms with E-state index in [1.165, 1.54) is 11.3 Å². The van der Waals surface area contributed by atoms with Gasteiger partial charge < -0.3 is 9.88 Å². The fourth-order valence-corrected chi connectivity index (χ4v) is 2.95. The van der Waals surface area contributed by atoms with Crippen LogP contribution in [-0.2, 0) is 11.3 Å². The first kappa shape index (κ1) is 12.9. The molecule has 5 heteroatoms. The van der Waals surface area contributed by atoms with Gasteiger partial charge in [0.15, 0.2) is 5.13 Å². The average molecular weight is 285 g/mol. The lowest BCUT2D eigenvalue weighted by molar-refractivity contribution is -0.116. The van der Waals surface area contributed by atoms with Crippen molar-refractivity contribution in [3.8, 4) is 0 Å². The second-order valence-electron chi connectivity index (χ2n) is 4.75. The number of hydrogen-bond acceptors (Lipinski definition) is 3. The van der Waals surface area contributed by atoms with E-state index >= 15 is 0 Å². The third kappa shape index (κ3) is 2.44. The average Bonchev–Trinajstić information content (AvgIpc) is 2.94. The zero-order chi connectivity index (χ0) is 14.1. The summed E-state index contributed by atoms with van der Waals surface area (Å²) in [5, 5.41) is 4.65. The van der Waals surface area contributed by atoms with Crippen LogP contribution < -0.4 is 5.32 Å². The van der Waals surface area contributed by atoms with Gasteiger partial charge in [0, 0.05) is 22.3 Å². The maximum absolute atomic E-state index is 12.1. The summed E-state index contributed by atoms with van der Waals surface area (Å²) in [5.41, 5.74) is 2.16. The van der Waals surface area contributed by atoms with Gasteiger partial charge in [0.05, 0.1) is 0 Å². The van der Waals surface area contributed by atoms with Crippen LogP contribution in [0.15, 0.2) is 36.5 Å². The van der Waals surface area contributed by atoms with Gasteiger partial charge in [-0.1, -0.05) is 18.2 Å². The Morgan fingerprint density at radius 3 is 2.90 bits per heavy atom. The fraction of sp³-hybridized carbons (Fsp3) is 0.200. The lowest BCUT2D eigenvalue weighted by Crippen LogP contribution is -2.19. The van der Waals surface area contributed by atoms with E-state index in [1.807, 2.05) is 36.6 Å². The van der Waals surface area contributed by atoms with Crippen LogP contribution in [0.25, 0.3) is 10.9 Å². The zero-order valence-electron chi connectivity index (χ0n) is 11.4. The fourth-order valence-electron chi connectivity index (χ4n) is 2.27. The van der Waals surface area contributed by atoms with Crippen molar-refractivity contribution in [1.29, 1.82) is 0 Å². The first-order valence-corrected chi connectivity index (χ1v) is 7.22. The Hall–Kier alpha value is -2.14. The Balaban J connectivity index is 1.82. The van der Waals surface area contributed by atoms with Crippen molar-refractivity contribution < 1.29 is 4.79 Å². The molecule has 0 spiro atoms. The highest BCUT2D eigenvalue weighted by Gasteiger charge is 2.10. The molecule has 0 unspecified atom stereocenters. The van der Waals surface area contributed by atoms with Crippen molar-refractivity contribution in [1.82, 2.24) is 9.55 Å².